The zero-order valence-electron chi connectivity index (χ0n) is 15.3. The van der Waals surface area contributed by atoms with E-state index in [-0.39, 0.29) is 17.4 Å². The molecule has 2 saturated carbocycles. The van der Waals surface area contributed by atoms with Crippen LogP contribution in [0.15, 0.2) is 40.6 Å². The number of piperidine rings is 2. The molecule has 4 heteroatoms. The zero-order chi connectivity index (χ0) is 17.4. The molecular weight excluding hydrogens is 310 g/mol. The average molecular weight is 337 g/mol. The number of hydrogen-bond acceptors (Lipinski definition) is 3. The number of fused-ring (bicyclic) bond motifs is 1. The summed E-state index contributed by atoms with van der Waals surface area (Å²) < 4.78 is 0. The number of carbonyl (C=O) groups is 1. The third-order valence-corrected chi connectivity index (χ3v) is 7.48. The summed E-state index contributed by atoms with van der Waals surface area (Å²) in [5.74, 6) is 0.833. The zero-order valence-corrected chi connectivity index (χ0v) is 15.3. The van der Waals surface area contributed by atoms with Gasteiger partial charge in [-0.2, -0.15) is 0 Å². The van der Waals surface area contributed by atoms with Crippen molar-refractivity contribution in [1.82, 2.24) is 10.6 Å². The Morgan fingerprint density at radius 3 is 2.92 bits per heavy atom. The molecule has 0 aromatic carbocycles. The van der Waals surface area contributed by atoms with E-state index in [1.807, 2.05) is 6.20 Å². The maximum absolute atomic E-state index is 13.0. The first-order valence-corrected chi connectivity index (χ1v) is 9.62. The van der Waals surface area contributed by atoms with Crippen molar-refractivity contribution in [2.24, 2.45) is 22.2 Å². The van der Waals surface area contributed by atoms with Crippen molar-refractivity contribution >= 4 is 11.6 Å². The van der Waals surface area contributed by atoms with Crippen LogP contribution >= 0.6 is 0 Å². The first kappa shape index (κ1) is 15.6. The highest BCUT2D eigenvalue weighted by molar-refractivity contribution is 5.98. The third kappa shape index (κ3) is 1.97. The Bertz CT molecular complexity index is 766. The molecule has 3 aliphatic carbocycles. The van der Waals surface area contributed by atoms with Gasteiger partial charge in [-0.1, -0.05) is 18.2 Å². The molecule has 25 heavy (non-hydrogen) atoms. The number of carbonyl (C=O) groups excluding carboxylic acids is 1. The standard InChI is InChI=1S/C21H27N3O/c1-12-5-4-6-13-9-17(22-11-14(12)13)20(2,3)24-19(25)15-10-18-21(15)8-7-16(21)23-18/h4-6,11,13,15-16,18,23H,7-10H2,1-3H3,(H,24,25)/t13-,15-,16+,18?,21?/m1/s1. The lowest BCUT2D eigenvalue weighted by Gasteiger charge is -2.74. The second-order valence-electron chi connectivity index (χ2n) is 9.03. The van der Waals surface area contributed by atoms with E-state index in [0.717, 1.165) is 18.6 Å². The normalized spacial score (nSPS) is 40.7. The van der Waals surface area contributed by atoms with Crippen LogP contribution in [0.3, 0.4) is 0 Å². The Labute approximate surface area is 149 Å². The van der Waals surface area contributed by atoms with Crippen molar-refractivity contribution < 1.29 is 4.79 Å². The summed E-state index contributed by atoms with van der Waals surface area (Å²) in [5.41, 5.74) is 3.60. The Kier molecular flexibility index (Phi) is 3.08. The Hall–Kier alpha value is -1.68. The molecule has 1 amide bonds. The van der Waals surface area contributed by atoms with Crippen LogP contribution in [0.2, 0.25) is 0 Å². The van der Waals surface area contributed by atoms with E-state index in [9.17, 15) is 4.79 Å². The second-order valence-corrected chi connectivity index (χ2v) is 9.03. The molecule has 0 aromatic rings. The van der Waals surface area contributed by atoms with Gasteiger partial charge in [0.05, 0.1) is 5.54 Å². The van der Waals surface area contributed by atoms with E-state index in [0.29, 0.717) is 23.4 Å². The van der Waals surface area contributed by atoms with Gasteiger partial charge < -0.3 is 10.6 Å². The van der Waals surface area contributed by atoms with Gasteiger partial charge in [0.2, 0.25) is 5.91 Å². The molecule has 5 aliphatic rings. The molecule has 132 valence electrons. The average Bonchev–Trinajstić information content (AvgIpc) is 2.52. The summed E-state index contributed by atoms with van der Waals surface area (Å²) in [6, 6.07) is 1.20. The number of amides is 1. The molecule has 2 aliphatic heterocycles. The van der Waals surface area contributed by atoms with Gasteiger partial charge in [0.25, 0.3) is 0 Å². The smallest absolute Gasteiger partial charge is 0.224 e. The predicted molar refractivity (Wildman–Crippen MR) is 99.2 cm³/mol. The summed E-state index contributed by atoms with van der Waals surface area (Å²) in [5, 5.41) is 6.93. The minimum absolute atomic E-state index is 0.201. The fraction of sp³-hybridized carbons (Fsp3) is 0.619. The van der Waals surface area contributed by atoms with Crippen LogP contribution in [0.25, 0.3) is 0 Å². The van der Waals surface area contributed by atoms with Gasteiger partial charge in [0.1, 0.15) is 0 Å². The van der Waals surface area contributed by atoms with E-state index in [1.54, 1.807) is 0 Å². The number of allylic oxidation sites excluding steroid dienone is 5. The fourth-order valence-corrected chi connectivity index (χ4v) is 5.67. The summed E-state index contributed by atoms with van der Waals surface area (Å²) in [4.78, 5) is 17.7. The lowest BCUT2D eigenvalue weighted by molar-refractivity contribution is -0.207. The number of nitrogens with one attached hydrogen (secondary N) is 2. The number of aliphatic imine (C=N–C) groups is 1. The molecule has 2 N–H and O–H groups in total. The highest BCUT2D eigenvalue weighted by Crippen LogP contribution is 2.66. The van der Waals surface area contributed by atoms with Crippen LogP contribution in [0.4, 0.5) is 0 Å². The van der Waals surface area contributed by atoms with Crippen molar-refractivity contribution in [3.63, 3.8) is 0 Å². The molecule has 0 bridgehead atoms. The van der Waals surface area contributed by atoms with Crippen molar-refractivity contribution in [3.05, 3.63) is 35.6 Å². The third-order valence-electron chi connectivity index (χ3n) is 7.48. The van der Waals surface area contributed by atoms with E-state index in [2.05, 4.69) is 49.6 Å². The summed E-state index contributed by atoms with van der Waals surface area (Å²) in [7, 11) is 0. The summed E-state index contributed by atoms with van der Waals surface area (Å²) in [6.45, 7) is 6.34. The minimum Gasteiger partial charge on any atom is -0.346 e. The van der Waals surface area contributed by atoms with Gasteiger partial charge in [-0.25, -0.2) is 0 Å². The molecule has 4 nitrogen and oxygen atoms in total. The first-order chi connectivity index (χ1) is 11.9. The fourth-order valence-electron chi connectivity index (χ4n) is 5.67. The lowest BCUT2D eigenvalue weighted by Crippen LogP contribution is -2.86. The van der Waals surface area contributed by atoms with Gasteiger partial charge in [0.15, 0.2) is 0 Å². The quantitative estimate of drug-likeness (QED) is 0.832. The number of rotatable bonds is 3. The van der Waals surface area contributed by atoms with Gasteiger partial charge in [-0.15, -0.1) is 0 Å². The Balaban J connectivity index is 1.31. The molecule has 1 saturated heterocycles. The molecule has 1 spiro atoms. The van der Waals surface area contributed by atoms with Gasteiger partial charge >= 0.3 is 0 Å². The lowest BCUT2D eigenvalue weighted by atomic mass is 9.39. The second kappa shape index (κ2) is 4.94. The summed E-state index contributed by atoms with van der Waals surface area (Å²) in [6.07, 6.45) is 12.9. The first-order valence-electron chi connectivity index (χ1n) is 9.62. The van der Waals surface area contributed by atoms with Gasteiger partial charge in [-0.3, -0.25) is 9.79 Å². The molecule has 0 aromatic heterocycles. The minimum atomic E-state index is -0.389. The van der Waals surface area contributed by atoms with Crippen molar-refractivity contribution in [1.29, 1.82) is 0 Å². The van der Waals surface area contributed by atoms with Crippen LogP contribution in [0.5, 0.6) is 0 Å². The van der Waals surface area contributed by atoms with E-state index < -0.39 is 0 Å². The molecule has 3 fully saturated rings. The molecule has 0 radical (unpaired) electrons. The SMILES string of the molecule is CC1=CC=C[C@@H]2CC(C(C)(C)NC(=O)[C@H]3CC4N[C@H]5CCC453)=NC=C12. The molecule has 2 heterocycles. The van der Waals surface area contributed by atoms with Crippen LogP contribution in [-0.4, -0.2) is 29.2 Å². The van der Waals surface area contributed by atoms with Crippen molar-refractivity contribution in [3.8, 4) is 0 Å². The Morgan fingerprint density at radius 2 is 2.24 bits per heavy atom. The van der Waals surface area contributed by atoms with Crippen LogP contribution in [0.1, 0.15) is 46.5 Å². The van der Waals surface area contributed by atoms with Gasteiger partial charge in [-0.05, 0) is 57.6 Å². The highest BCUT2D eigenvalue weighted by atomic mass is 16.2. The Morgan fingerprint density at radius 1 is 1.40 bits per heavy atom. The van der Waals surface area contributed by atoms with Crippen LogP contribution < -0.4 is 10.6 Å². The topological polar surface area (TPSA) is 53.5 Å². The van der Waals surface area contributed by atoms with Crippen LogP contribution in [0, 0.1) is 17.3 Å². The number of nitrogens with zero attached hydrogens (tertiary/aromatic N) is 1. The highest BCUT2D eigenvalue weighted by Gasteiger charge is 2.72. The largest absolute Gasteiger partial charge is 0.346 e. The number of hydrogen-bond donors (Lipinski definition) is 2. The summed E-state index contributed by atoms with van der Waals surface area (Å²) >= 11 is 0. The van der Waals surface area contributed by atoms with Crippen molar-refractivity contribution in [2.45, 2.75) is 64.1 Å². The molecule has 2 unspecified atom stereocenters. The maximum Gasteiger partial charge on any atom is 0.224 e. The molecule has 5 rings (SSSR count). The predicted octanol–water partition coefficient (Wildman–Crippen LogP) is 2.88. The van der Waals surface area contributed by atoms with Gasteiger partial charge in [0, 0.05) is 41.2 Å². The monoisotopic (exact) mass is 337 g/mol. The molecule has 5 atom stereocenters. The van der Waals surface area contributed by atoms with E-state index in [4.69, 9.17) is 4.99 Å². The molecular formula is C21H27N3O. The van der Waals surface area contributed by atoms with E-state index in [1.165, 1.54) is 24.0 Å². The van der Waals surface area contributed by atoms with E-state index >= 15 is 0 Å². The van der Waals surface area contributed by atoms with Crippen LogP contribution in [-0.2, 0) is 4.79 Å². The van der Waals surface area contributed by atoms with Crippen molar-refractivity contribution in [2.75, 3.05) is 0 Å². The maximum atomic E-state index is 13.0.